The lowest BCUT2D eigenvalue weighted by atomic mass is 9.93. The van der Waals surface area contributed by atoms with E-state index in [4.69, 9.17) is 0 Å². The molecule has 1 aromatic heterocycles. The van der Waals surface area contributed by atoms with E-state index in [1.165, 1.54) is 11.3 Å². The summed E-state index contributed by atoms with van der Waals surface area (Å²) in [6, 6.07) is 2.13. The number of aromatic amines is 1. The molecule has 0 aliphatic carbocycles. The number of amides is 1. The van der Waals surface area contributed by atoms with Crippen LogP contribution in [0.4, 0.5) is 0 Å². The van der Waals surface area contributed by atoms with Crippen molar-refractivity contribution in [3.8, 4) is 0 Å². The molecule has 1 amide bonds. The van der Waals surface area contributed by atoms with Gasteiger partial charge in [0.1, 0.15) is 0 Å². The maximum absolute atomic E-state index is 11.6. The van der Waals surface area contributed by atoms with Crippen molar-refractivity contribution in [2.45, 2.75) is 26.2 Å². The van der Waals surface area contributed by atoms with Gasteiger partial charge in [0.05, 0.1) is 0 Å². The molecule has 0 fully saturated rings. The standard InChI is InChI=1S/C12H16N2O/c1-8-6-11(9(2)13-8)10-4-5-14(3)12(15)7-10/h4-6,10,13H,7H2,1-3H3. The fraction of sp³-hybridized carbons (Fsp3) is 0.417. The van der Waals surface area contributed by atoms with Crippen molar-refractivity contribution >= 4 is 5.91 Å². The van der Waals surface area contributed by atoms with Crippen molar-refractivity contribution in [1.29, 1.82) is 0 Å². The Morgan fingerprint density at radius 2 is 2.20 bits per heavy atom. The lowest BCUT2D eigenvalue weighted by Gasteiger charge is -2.22. The maximum Gasteiger partial charge on any atom is 0.227 e. The molecule has 3 nitrogen and oxygen atoms in total. The molecule has 1 aliphatic rings. The second-order valence-corrected chi connectivity index (χ2v) is 4.19. The van der Waals surface area contributed by atoms with Crippen LogP contribution in [-0.2, 0) is 4.79 Å². The van der Waals surface area contributed by atoms with Crippen LogP contribution in [0, 0.1) is 13.8 Å². The van der Waals surface area contributed by atoms with E-state index in [0.29, 0.717) is 6.42 Å². The van der Waals surface area contributed by atoms with Crippen LogP contribution in [0.25, 0.3) is 0 Å². The zero-order valence-electron chi connectivity index (χ0n) is 9.37. The summed E-state index contributed by atoms with van der Waals surface area (Å²) in [5.74, 6) is 0.416. The van der Waals surface area contributed by atoms with Crippen LogP contribution < -0.4 is 0 Å². The molecule has 1 atom stereocenters. The highest BCUT2D eigenvalue weighted by atomic mass is 16.2. The molecule has 2 rings (SSSR count). The lowest BCUT2D eigenvalue weighted by molar-refractivity contribution is -0.128. The molecular formula is C12H16N2O. The van der Waals surface area contributed by atoms with Crippen molar-refractivity contribution in [3.63, 3.8) is 0 Å². The summed E-state index contributed by atoms with van der Waals surface area (Å²) >= 11 is 0. The van der Waals surface area contributed by atoms with Gasteiger partial charge in [0.15, 0.2) is 0 Å². The number of rotatable bonds is 1. The topological polar surface area (TPSA) is 36.1 Å². The number of H-pyrrole nitrogens is 1. The van der Waals surface area contributed by atoms with Gasteiger partial charge in [-0.2, -0.15) is 0 Å². The number of carbonyl (C=O) groups is 1. The number of hydrogen-bond acceptors (Lipinski definition) is 1. The van der Waals surface area contributed by atoms with Gasteiger partial charge in [-0.3, -0.25) is 4.79 Å². The number of aromatic nitrogens is 1. The van der Waals surface area contributed by atoms with Crippen LogP contribution in [0.5, 0.6) is 0 Å². The number of carbonyl (C=O) groups excluding carboxylic acids is 1. The van der Waals surface area contributed by atoms with Crippen LogP contribution in [0.2, 0.25) is 0 Å². The first-order valence-electron chi connectivity index (χ1n) is 5.18. The summed E-state index contributed by atoms with van der Waals surface area (Å²) in [6.45, 7) is 4.09. The smallest absolute Gasteiger partial charge is 0.227 e. The van der Waals surface area contributed by atoms with Crippen molar-refractivity contribution in [2.75, 3.05) is 7.05 Å². The van der Waals surface area contributed by atoms with Gasteiger partial charge in [-0.25, -0.2) is 0 Å². The van der Waals surface area contributed by atoms with Crippen LogP contribution >= 0.6 is 0 Å². The van der Waals surface area contributed by atoms with Gasteiger partial charge in [-0.15, -0.1) is 0 Å². The van der Waals surface area contributed by atoms with E-state index in [2.05, 4.69) is 24.1 Å². The minimum Gasteiger partial charge on any atom is -0.362 e. The molecule has 0 saturated heterocycles. The number of aryl methyl sites for hydroxylation is 2. The first-order valence-corrected chi connectivity index (χ1v) is 5.18. The largest absolute Gasteiger partial charge is 0.362 e. The normalized spacial score (nSPS) is 21.1. The minimum absolute atomic E-state index is 0.181. The first kappa shape index (κ1) is 10.0. The Bertz CT molecular complexity index is 417. The Morgan fingerprint density at radius 1 is 1.47 bits per heavy atom. The molecule has 0 aromatic carbocycles. The zero-order chi connectivity index (χ0) is 11.0. The van der Waals surface area contributed by atoms with Gasteiger partial charge >= 0.3 is 0 Å². The van der Waals surface area contributed by atoms with E-state index in [1.54, 1.807) is 11.9 Å². The number of nitrogens with zero attached hydrogens (tertiary/aromatic N) is 1. The number of hydrogen-bond donors (Lipinski definition) is 1. The molecule has 2 heterocycles. The predicted octanol–water partition coefficient (Wildman–Crippen LogP) is 2.09. The molecule has 15 heavy (non-hydrogen) atoms. The van der Waals surface area contributed by atoms with Gasteiger partial charge in [0, 0.05) is 37.0 Å². The van der Waals surface area contributed by atoms with Crippen molar-refractivity contribution in [2.24, 2.45) is 0 Å². The molecule has 1 aliphatic heterocycles. The van der Waals surface area contributed by atoms with Gasteiger partial charge in [0.25, 0.3) is 0 Å². The highest BCUT2D eigenvalue weighted by Crippen LogP contribution is 2.28. The summed E-state index contributed by atoms with van der Waals surface area (Å²) in [4.78, 5) is 16.5. The van der Waals surface area contributed by atoms with Crippen LogP contribution in [0.3, 0.4) is 0 Å². The number of nitrogens with one attached hydrogen (secondary N) is 1. The summed E-state index contributed by atoms with van der Waals surface area (Å²) in [6.07, 6.45) is 4.53. The second kappa shape index (κ2) is 3.57. The first-order chi connectivity index (χ1) is 7.08. The molecule has 80 valence electrons. The van der Waals surface area contributed by atoms with E-state index < -0.39 is 0 Å². The van der Waals surface area contributed by atoms with Gasteiger partial charge < -0.3 is 9.88 Å². The molecule has 1 N–H and O–H groups in total. The third-order valence-corrected chi connectivity index (χ3v) is 2.92. The molecule has 0 saturated carbocycles. The maximum atomic E-state index is 11.6. The average molecular weight is 204 g/mol. The van der Waals surface area contributed by atoms with E-state index in [9.17, 15) is 4.79 Å². The Kier molecular flexibility index (Phi) is 2.39. The van der Waals surface area contributed by atoms with Gasteiger partial charge in [0.2, 0.25) is 5.91 Å². The second-order valence-electron chi connectivity index (χ2n) is 4.19. The lowest BCUT2D eigenvalue weighted by Crippen LogP contribution is -2.26. The SMILES string of the molecule is Cc1cc(C2C=CN(C)C(=O)C2)c(C)[nH]1. The quantitative estimate of drug-likeness (QED) is 0.747. The Balaban J connectivity index is 2.29. The molecule has 0 radical (unpaired) electrons. The molecule has 0 spiro atoms. The molecule has 3 heteroatoms. The molecule has 1 unspecified atom stereocenters. The van der Waals surface area contributed by atoms with Crippen molar-refractivity contribution in [1.82, 2.24) is 9.88 Å². The summed E-state index contributed by atoms with van der Waals surface area (Å²) in [5, 5.41) is 0. The third kappa shape index (κ3) is 1.82. The van der Waals surface area contributed by atoms with E-state index in [0.717, 1.165) is 5.69 Å². The third-order valence-electron chi connectivity index (χ3n) is 2.92. The Morgan fingerprint density at radius 3 is 2.73 bits per heavy atom. The van der Waals surface area contributed by atoms with E-state index in [-0.39, 0.29) is 11.8 Å². The van der Waals surface area contributed by atoms with Crippen LogP contribution in [-0.4, -0.2) is 22.8 Å². The van der Waals surface area contributed by atoms with Crippen LogP contribution in [0.1, 0.15) is 29.3 Å². The predicted molar refractivity (Wildman–Crippen MR) is 59.5 cm³/mol. The van der Waals surface area contributed by atoms with Gasteiger partial charge in [-0.05, 0) is 25.5 Å². The summed E-state index contributed by atoms with van der Waals surface area (Å²) in [5.41, 5.74) is 3.56. The molecule has 0 bridgehead atoms. The van der Waals surface area contributed by atoms with Gasteiger partial charge in [-0.1, -0.05) is 6.08 Å². The minimum atomic E-state index is 0.181. The van der Waals surface area contributed by atoms with Crippen molar-refractivity contribution < 1.29 is 4.79 Å². The molecule has 1 aromatic rings. The Labute approximate surface area is 89.8 Å². The molecular weight excluding hydrogens is 188 g/mol. The van der Waals surface area contributed by atoms with Crippen LogP contribution in [0.15, 0.2) is 18.3 Å². The fourth-order valence-corrected chi connectivity index (χ4v) is 2.06. The average Bonchev–Trinajstić information content (AvgIpc) is 2.50. The van der Waals surface area contributed by atoms with E-state index in [1.807, 2.05) is 13.1 Å². The highest BCUT2D eigenvalue weighted by molar-refractivity contribution is 5.79. The van der Waals surface area contributed by atoms with E-state index >= 15 is 0 Å². The monoisotopic (exact) mass is 204 g/mol. The number of allylic oxidation sites excluding steroid dienone is 1. The zero-order valence-corrected chi connectivity index (χ0v) is 9.37. The Hall–Kier alpha value is -1.51. The summed E-state index contributed by atoms with van der Waals surface area (Å²) < 4.78 is 0. The fourth-order valence-electron chi connectivity index (χ4n) is 2.06. The summed E-state index contributed by atoms with van der Waals surface area (Å²) in [7, 11) is 1.80. The van der Waals surface area contributed by atoms with Crippen molar-refractivity contribution in [3.05, 3.63) is 35.3 Å². The highest BCUT2D eigenvalue weighted by Gasteiger charge is 2.22.